The molecule has 22 heavy (non-hydrogen) atoms. The van der Waals surface area contributed by atoms with Gasteiger partial charge < -0.3 is 10.2 Å². The summed E-state index contributed by atoms with van der Waals surface area (Å²) in [5.74, 6) is 3.63. The Balaban J connectivity index is 1.36. The lowest BCUT2D eigenvalue weighted by atomic mass is 9.82. The minimum Gasteiger partial charge on any atom is -0.353 e. The lowest BCUT2D eigenvalue weighted by Crippen LogP contribution is -2.41. The van der Waals surface area contributed by atoms with Crippen LogP contribution in [-0.4, -0.2) is 37.0 Å². The van der Waals surface area contributed by atoms with Gasteiger partial charge in [0.2, 0.25) is 0 Å². The second-order valence-electron chi connectivity index (χ2n) is 7.26. The van der Waals surface area contributed by atoms with Crippen molar-refractivity contribution >= 4 is 5.96 Å². The maximum atomic E-state index is 4.57. The third-order valence-corrected chi connectivity index (χ3v) is 5.82. The van der Waals surface area contributed by atoms with E-state index in [2.05, 4.69) is 45.5 Å². The summed E-state index contributed by atoms with van der Waals surface area (Å²) in [6.07, 6.45) is 6.95. The van der Waals surface area contributed by atoms with Crippen LogP contribution in [0.5, 0.6) is 0 Å². The van der Waals surface area contributed by atoms with Crippen LogP contribution in [-0.2, 0) is 0 Å². The zero-order valence-corrected chi connectivity index (χ0v) is 13.5. The van der Waals surface area contributed by atoms with E-state index in [1.807, 2.05) is 7.05 Å². The minimum absolute atomic E-state index is 0.573. The van der Waals surface area contributed by atoms with Crippen molar-refractivity contribution in [2.45, 2.75) is 44.1 Å². The second kappa shape index (κ2) is 5.94. The molecule has 1 aromatic carbocycles. The summed E-state index contributed by atoms with van der Waals surface area (Å²) in [7, 11) is 1.93. The van der Waals surface area contributed by atoms with Gasteiger partial charge in [-0.05, 0) is 36.7 Å². The van der Waals surface area contributed by atoms with Gasteiger partial charge in [0.15, 0.2) is 5.96 Å². The van der Waals surface area contributed by atoms with Crippen LogP contribution in [0.25, 0.3) is 0 Å². The van der Waals surface area contributed by atoms with Gasteiger partial charge in [-0.2, -0.15) is 0 Å². The fourth-order valence-electron chi connectivity index (χ4n) is 4.47. The highest BCUT2D eigenvalue weighted by Crippen LogP contribution is 2.41. The first-order valence-electron chi connectivity index (χ1n) is 8.88. The Morgan fingerprint density at radius 2 is 1.77 bits per heavy atom. The predicted molar refractivity (Wildman–Crippen MR) is 91.1 cm³/mol. The molecule has 0 bridgehead atoms. The molecule has 0 amide bonds. The van der Waals surface area contributed by atoms with Gasteiger partial charge in [0.1, 0.15) is 0 Å². The van der Waals surface area contributed by atoms with E-state index in [9.17, 15) is 0 Å². The normalized spacial score (nSPS) is 34.4. The van der Waals surface area contributed by atoms with Gasteiger partial charge in [0, 0.05) is 32.1 Å². The number of likely N-dealkylation sites (tertiary alicyclic amines) is 1. The molecule has 1 heterocycles. The second-order valence-corrected chi connectivity index (χ2v) is 7.26. The summed E-state index contributed by atoms with van der Waals surface area (Å²) in [6, 6.07) is 11.5. The molecule has 3 nitrogen and oxygen atoms in total. The van der Waals surface area contributed by atoms with Crippen molar-refractivity contribution in [3.05, 3.63) is 35.9 Å². The molecule has 3 heteroatoms. The molecule has 0 spiro atoms. The number of nitrogens with one attached hydrogen (secondary N) is 1. The maximum absolute atomic E-state index is 4.57. The lowest BCUT2D eigenvalue weighted by molar-refractivity contribution is 0.299. The van der Waals surface area contributed by atoms with Crippen molar-refractivity contribution in [1.29, 1.82) is 0 Å². The van der Waals surface area contributed by atoms with E-state index in [4.69, 9.17) is 0 Å². The van der Waals surface area contributed by atoms with Crippen LogP contribution in [0.4, 0.5) is 0 Å². The molecule has 1 aromatic rings. The van der Waals surface area contributed by atoms with Crippen LogP contribution in [0.15, 0.2) is 35.3 Å². The van der Waals surface area contributed by atoms with Crippen LogP contribution in [0.1, 0.15) is 43.6 Å². The van der Waals surface area contributed by atoms with E-state index in [0.29, 0.717) is 12.0 Å². The maximum Gasteiger partial charge on any atom is 0.193 e. The first kappa shape index (κ1) is 14.1. The van der Waals surface area contributed by atoms with Gasteiger partial charge in [0.05, 0.1) is 0 Å². The highest BCUT2D eigenvalue weighted by molar-refractivity contribution is 5.81. The third kappa shape index (κ3) is 2.73. The van der Waals surface area contributed by atoms with Gasteiger partial charge in [-0.15, -0.1) is 0 Å². The van der Waals surface area contributed by atoms with Crippen molar-refractivity contribution in [2.24, 2.45) is 16.8 Å². The molecule has 4 unspecified atom stereocenters. The summed E-state index contributed by atoms with van der Waals surface area (Å²) in [6.45, 7) is 2.43. The fraction of sp³-hybridized carbons (Fsp3) is 0.632. The van der Waals surface area contributed by atoms with Crippen molar-refractivity contribution < 1.29 is 0 Å². The van der Waals surface area contributed by atoms with Crippen LogP contribution in [0.3, 0.4) is 0 Å². The smallest absolute Gasteiger partial charge is 0.193 e. The number of rotatable bonds is 2. The van der Waals surface area contributed by atoms with Crippen LogP contribution < -0.4 is 5.32 Å². The standard InChI is InChI=1S/C19H27N3/c1-20-19(22-12-15-9-5-6-10-16(15)13-22)21-18-11-17(18)14-7-3-2-4-8-14/h2-4,7-8,15-18H,5-6,9-13H2,1H3,(H,20,21). The Labute approximate surface area is 133 Å². The highest BCUT2D eigenvalue weighted by atomic mass is 15.3. The number of hydrogen-bond acceptors (Lipinski definition) is 1. The predicted octanol–water partition coefficient (Wildman–Crippen LogP) is 3.24. The Bertz CT molecular complexity index is 525. The first-order chi connectivity index (χ1) is 10.8. The Kier molecular flexibility index (Phi) is 3.81. The molecule has 1 aliphatic heterocycles. The molecule has 0 radical (unpaired) electrons. The monoisotopic (exact) mass is 297 g/mol. The molecule has 3 aliphatic rings. The van der Waals surface area contributed by atoms with Gasteiger partial charge in [0.25, 0.3) is 0 Å². The number of benzene rings is 1. The average molecular weight is 297 g/mol. The van der Waals surface area contributed by atoms with Gasteiger partial charge in [-0.1, -0.05) is 43.2 Å². The number of nitrogens with zero attached hydrogens (tertiary/aromatic N) is 2. The summed E-state index contributed by atoms with van der Waals surface area (Å²) in [5.41, 5.74) is 1.46. The highest BCUT2D eigenvalue weighted by Gasteiger charge is 2.41. The summed E-state index contributed by atoms with van der Waals surface area (Å²) in [4.78, 5) is 7.08. The fourth-order valence-corrected chi connectivity index (χ4v) is 4.47. The number of aliphatic imine (C=N–C) groups is 1. The van der Waals surface area contributed by atoms with E-state index in [0.717, 1.165) is 17.8 Å². The van der Waals surface area contributed by atoms with Gasteiger partial charge >= 0.3 is 0 Å². The molecule has 4 rings (SSSR count). The molecule has 4 atom stereocenters. The number of fused-ring (bicyclic) bond motifs is 1. The molecule has 118 valence electrons. The van der Waals surface area contributed by atoms with E-state index >= 15 is 0 Å². The summed E-state index contributed by atoms with van der Waals surface area (Å²) < 4.78 is 0. The minimum atomic E-state index is 0.573. The SMILES string of the molecule is CN=C(NC1CC1c1ccccc1)N1CC2CCCCC2C1. The van der Waals surface area contributed by atoms with Gasteiger partial charge in [-0.3, -0.25) is 4.99 Å². The summed E-state index contributed by atoms with van der Waals surface area (Å²) >= 11 is 0. The quantitative estimate of drug-likeness (QED) is 0.670. The Morgan fingerprint density at radius 3 is 2.41 bits per heavy atom. The lowest BCUT2D eigenvalue weighted by Gasteiger charge is -2.22. The number of guanidine groups is 1. The molecule has 2 aliphatic carbocycles. The molecule has 2 saturated carbocycles. The first-order valence-corrected chi connectivity index (χ1v) is 8.88. The zero-order valence-electron chi connectivity index (χ0n) is 13.5. The third-order valence-electron chi connectivity index (χ3n) is 5.82. The average Bonchev–Trinajstić information content (AvgIpc) is 3.21. The van der Waals surface area contributed by atoms with Crippen molar-refractivity contribution in [1.82, 2.24) is 10.2 Å². The van der Waals surface area contributed by atoms with E-state index in [-0.39, 0.29) is 0 Å². The zero-order chi connectivity index (χ0) is 14.9. The van der Waals surface area contributed by atoms with Crippen LogP contribution in [0, 0.1) is 11.8 Å². The Morgan fingerprint density at radius 1 is 1.09 bits per heavy atom. The van der Waals surface area contributed by atoms with Gasteiger partial charge in [-0.25, -0.2) is 0 Å². The van der Waals surface area contributed by atoms with E-state index in [1.54, 1.807) is 0 Å². The molecule has 0 aromatic heterocycles. The molecule has 1 N–H and O–H groups in total. The molecular weight excluding hydrogens is 270 g/mol. The van der Waals surface area contributed by atoms with E-state index in [1.165, 1.54) is 50.8 Å². The number of hydrogen-bond donors (Lipinski definition) is 1. The topological polar surface area (TPSA) is 27.6 Å². The molecule has 1 saturated heterocycles. The van der Waals surface area contributed by atoms with Crippen LogP contribution >= 0.6 is 0 Å². The Hall–Kier alpha value is -1.51. The van der Waals surface area contributed by atoms with Crippen LogP contribution in [0.2, 0.25) is 0 Å². The molecule has 3 fully saturated rings. The van der Waals surface area contributed by atoms with Crippen molar-refractivity contribution in [3.8, 4) is 0 Å². The van der Waals surface area contributed by atoms with Crippen molar-refractivity contribution in [3.63, 3.8) is 0 Å². The largest absolute Gasteiger partial charge is 0.353 e. The summed E-state index contributed by atoms with van der Waals surface area (Å²) in [5, 5.41) is 3.72. The molecular formula is C19H27N3. The van der Waals surface area contributed by atoms with Crippen molar-refractivity contribution in [2.75, 3.05) is 20.1 Å². The van der Waals surface area contributed by atoms with E-state index < -0.39 is 0 Å².